The summed E-state index contributed by atoms with van der Waals surface area (Å²) in [4.78, 5) is 6.95. The average molecular weight is 380 g/mol. The molecule has 1 aliphatic heterocycles. The van der Waals surface area contributed by atoms with E-state index in [9.17, 15) is 8.42 Å². The van der Waals surface area contributed by atoms with Crippen molar-refractivity contribution in [1.82, 2.24) is 14.2 Å². The van der Waals surface area contributed by atoms with Crippen LogP contribution in [0.25, 0.3) is 0 Å². The number of aromatic nitrogens is 1. The number of sulfonamides is 1. The lowest BCUT2D eigenvalue weighted by atomic mass is 9.99. The van der Waals surface area contributed by atoms with Crippen LogP contribution in [-0.4, -0.2) is 48.8 Å². The van der Waals surface area contributed by atoms with Gasteiger partial charge in [-0.15, -0.1) is 11.3 Å². The number of hydrogen-bond donors (Lipinski definition) is 0. The summed E-state index contributed by atoms with van der Waals surface area (Å²) in [6.07, 6.45) is 1.05. The average Bonchev–Trinajstić information content (AvgIpc) is 3.14. The van der Waals surface area contributed by atoms with E-state index < -0.39 is 10.0 Å². The molecule has 0 spiro atoms. The van der Waals surface area contributed by atoms with Crippen LogP contribution in [0.3, 0.4) is 0 Å². The van der Waals surface area contributed by atoms with Crippen LogP contribution in [0.5, 0.6) is 0 Å². The fraction of sp³-hybridized carbons (Fsp3) is 0.500. The van der Waals surface area contributed by atoms with Gasteiger partial charge >= 0.3 is 0 Å². The van der Waals surface area contributed by atoms with Crippen LogP contribution in [0.1, 0.15) is 37.4 Å². The summed E-state index contributed by atoms with van der Waals surface area (Å²) in [6, 6.07) is 7.38. The third kappa shape index (κ3) is 4.28. The predicted molar refractivity (Wildman–Crippen MR) is 101 cm³/mol. The van der Waals surface area contributed by atoms with Crippen molar-refractivity contribution in [3.05, 3.63) is 46.4 Å². The zero-order valence-electron chi connectivity index (χ0n) is 14.8. The van der Waals surface area contributed by atoms with Gasteiger partial charge in [-0.3, -0.25) is 4.90 Å². The van der Waals surface area contributed by atoms with E-state index in [1.165, 1.54) is 5.56 Å². The van der Waals surface area contributed by atoms with Gasteiger partial charge in [0.25, 0.3) is 0 Å². The number of nitrogens with zero attached hydrogens (tertiary/aromatic N) is 3. The lowest BCUT2D eigenvalue weighted by molar-refractivity contribution is 0.180. The number of thiazole rings is 1. The number of hydrogen-bond acceptors (Lipinski definition) is 5. The smallest absolute Gasteiger partial charge is 0.243 e. The number of piperazine rings is 1. The van der Waals surface area contributed by atoms with Crippen molar-refractivity contribution in [2.75, 3.05) is 26.2 Å². The Morgan fingerprint density at radius 2 is 1.84 bits per heavy atom. The van der Waals surface area contributed by atoms with Gasteiger partial charge in [0.05, 0.1) is 16.1 Å². The van der Waals surface area contributed by atoms with Crippen molar-refractivity contribution in [3.8, 4) is 0 Å². The Kier molecular flexibility index (Phi) is 5.89. The van der Waals surface area contributed by atoms with Crippen LogP contribution < -0.4 is 0 Å². The molecule has 0 aliphatic carbocycles. The molecule has 1 aromatic carbocycles. The maximum Gasteiger partial charge on any atom is 0.243 e. The van der Waals surface area contributed by atoms with E-state index in [-0.39, 0.29) is 0 Å². The lowest BCUT2D eigenvalue weighted by Gasteiger charge is -2.33. The molecule has 25 heavy (non-hydrogen) atoms. The van der Waals surface area contributed by atoms with Gasteiger partial charge < -0.3 is 0 Å². The molecule has 0 radical (unpaired) electrons. The lowest BCUT2D eigenvalue weighted by Crippen LogP contribution is -2.48. The van der Waals surface area contributed by atoms with Gasteiger partial charge in [0.15, 0.2) is 0 Å². The first kappa shape index (κ1) is 18.5. The second kappa shape index (κ2) is 7.95. The first-order valence-corrected chi connectivity index (χ1v) is 11.1. The summed E-state index contributed by atoms with van der Waals surface area (Å²) >= 11 is 1.59. The van der Waals surface area contributed by atoms with Gasteiger partial charge in [0, 0.05) is 38.1 Å². The minimum Gasteiger partial charge on any atom is -0.295 e. The molecular formula is C18H25N3O2S2. The number of rotatable bonds is 6. The quantitative estimate of drug-likeness (QED) is 0.774. The summed E-state index contributed by atoms with van der Waals surface area (Å²) in [5.74, 6) is 0.450. The van der Waals surface area contributed by atoms with E-state index in [1.807, 2.05) is 23.0 Å². The normalized spacial score (nSPS) is 18.3. The molecule has 2 heterocycles. The Morgan fingerprint density at radius 3 is 2.40 bits per heavy atom. The molecule has 1 fully saturated rings. The van der Waals surface area contributed by atoms with Crippen molar-refractivity contribution in [2.24, 2.45) is 0 Å². The molecule has 0 bridgehead atoms. The SMILES string of the molecule is CC[C@H](C)c1ccc(S(=O)(=O)N2CCN(Cc3cscn3)CC2)cc1. The van der Waals surface area contributed by atoms with Crippen molar-refractivity contribution in [1.29, 1.82) is 0 Å². The Balaban J connectivity index is 1.63. The highest BCUT2D eigenvalue weighted by atomic mass is 32.2. The molecule has 5 nitrogen and oxygen atoms in total. The van der Waals surface area contributed by atoms with Crippen molar-refractivity contribution in [3.63, 3.8) is 0 Å². The standard InChI is InChI=1S/C18H25N3O2S2/c1-3-15(2)16-4-6-18(7-5-16)25(22,23)21-10-8-20(9-11-21)12-17-13-24-14-19-17/h4-7,13-15H,3,8-12H2,1-2H3/t15-/m0/s1. The molecule has 0 saturated carbocycles. The van der Waals surface area contributed by atoms with Crippen LogP contribution >= 0.6 is 11.3 Å². The third-order valence-corrected chi connectivity index (χ3v) is 7.45. The van der Waals surface area contributed by atoms with Gasteiger partial charge in [0.1, 0.15) is 0 Å². The second-order valence-electron chi connectivity index (χ2n) is 6.54. The summed E-state index contributed by atoms with van der Waals surface area (Å²) in [5.41, 5.74) is 4.08. The van der Waals surface area contributed by atoms with E-state index in [0.717, 1.165) is 31.7 Å². The Morgan fingerprint density at radius 1 is 1.16 bits per heavy atom. The predicted octanol–water partition coefficient (Wildman–Crippen LogP) is 3.16. The van der Waals surface area contributed by atoms with E-state index in [2.05, 4.69) is 23.7 Å². The minimum absolute atomic E-state index is 0.396. The zero-order chi connectivity index (χ0) is 17.9. The van der Waals surface area contributed by atoms with E-state index in [4.69, 9.17) is 0 Å². The fourth-order valence-electron chi connectivity index (χ4n) is 3.03. The van der Waals surface area contributed by atoms with E-state index in [1.54, 1.807) is 27.8 Å². The topological polar surface area (TPSA) is 53.5 Å². The maximum atomic E-state index is 12.9. The monoisotopic (exact) mass is 379 g/mol. The van der Waals surface area contributed by atoms with Crippen molar-refractivity contribution < 1.29 is 8.42 Å². The Labute approximate surface area is 154 Å². The molecule has 7 heteroatoms. The maximum absolute atomic E-state index is 12.9. The van der Waals surface area contributed by atoms with Crippen molar-refractivity contribution in [2.45, 2.75) is 37.6 Å². The highest BCUT2D eigenvalue weighted by Crippen LogP contribution is 2.23. The number of benzene rings is 1. The molecule has 1 atom stereocenters. The van der Waals surface area contributed by atoms with Crippen LogP contribution in [0.2, 0.25) is 0 Å². The van der Waals surface area contributed by atoms with Crippen LogP contribution in [0.4, 0.5) is 0 Å². The molecule has 1 aromatic heterocycles. The highest BCUT2D eigenvalue weighted by Gasteiger charge is 2.28. The van der Waals surface area contributed by atoms with Crippen LogP contribution in [0.15, 0.2) is 40.1 Å². The molecule has 2 aromatic rings. The highest BCUT2D eigenvalue weighted by molar-refractivity contribution is 7.89. The summed E-state index contributed by atoms with van der Waals surface area (Å²) in [6.45, 7) is 7.62. The molecule has 1 saturated heterocycles. The van der Waals surface area contributed by atoms with Gasteiger partial charge in [0.2, 0.25) is 10.0 Å². The summed E-state index contributed by atoms with van der Waals surface area (Å²) in [7, 11) is -3.40. The van der Waals surface area contributed by atoms with E-state index in [0.29, 0.717) is 23.9 Å². The zero-order valence-corrected chi connectivity index (χ0v) is 16.4. The van der Waals surface area contributed by atoms with E-state index >= 15 is 0 Å². The summed E-state index contributed by atoms with van der Waals surface area (Å²) < 4.78 is 27.3. The second-order valence-corrected chi connectivity index (χ2v) is 9.19. The molecule has 136 valence electrons. The molecule has 0 unspecified atom stereocenters. The van der Waals surface area contributed by atoms with Crippen LogP contribution in [-0.2, 0) is 16.6 Å². The molecular weight excluding hydrogens is 354 g/mol. The van der Waals surface area contributed by atoms with Crippen molar-refractivity contribution >= 4 is 21.4 Å². The largest absolute Gasteiger partial charge is 0.295 e. The molecule has 3 rings (SSSR count). The molecule has 1 aliphatic rings. The minimum atomic E-state index is -3.40. The Bertz CT molecular complexity index is 765. The first-order valence-electron chi connectivity index (χ1n) is 8.70. The molecule has 0 N–H and O–H groups in total. The fourth-order valence-corrected chi connectivity index (χ4v) is 5.00. The third-order valence-electron chi connectivity index (χ3n) is 4.90. The van der Waals surface area contributed by atoms with Gasteiger partial charge in [-0.25, -0.2) is 13.4 Å². The first-order chi connectivity index (χ1) is 12.0. The van der Waals surface area contributed by atoms with Gasteiger partial charge in [-0.2, -0.15) is 4.31 Å². The van der Waals surface area contributed by atoms with Gasteiger partial charge in [-0.05, 0) is 30.0 Å². The molecule has 0 amide bonds. The van der Waals surface area contributed by atoms with Gasteiger partial charge in [-0.1, -0.05) is 26.0 Å². The summed E-state index contributed by atoms with van der Waals surface area (Å²) in [5, 5.41) is 2.04. The Hall–Kier alpha value is -1.28. The van der Waals surface area contributed by atoms with Crippen LogP contribution in [0, 0.1) is 0 Å².